The molecule has 0 aromatic carbocycles. The first kappa shape index (κ1) is 36.4. The van der Waals surface area contributed by atoms with Gasteiger partial charge in [-0.25, -0.2) is 0 Å². The summed E-state index contributed by atoms with van der Waals surface area (Å²) < 4.78 is 0. The molecule has 0 aliphatic rings. The first-order valence-electron chi connectivity index (χ1n) is 13.0. The maximum absolute atomic E-state index is 2.64. The molecule has 0 bridgehead atoms. The van der Waals surface area contributed by atoms with Crippen molar-refractivity contribution in [2.75, 3.05) is 51.3 Å². The van der Waals surface area contributed by atoms with E-state index in [4.69, 9.17) is 0 Å². The SMILES string of the molecule is CCCCCCCCCC[P+](C)(C)CC[P+](C)(C)CCCCCCCCCC.[Br-].[Br-]. The van der Waals surface area contributed by atoms with Crippen LogP contribution in [0.15, 0.2) is 0 Å². The van der Waals surface area contributed by atoms with E-state index in [1.54, 1.807) is 24.6 Å². The summed E-state index contributed by atoms with van der Waals surface area (Å²) >= 11 is 0. The van der Waals surface area contributed by atoms with Crippen LogP contribution < -0.4 is 34.0 Å². The Morgan fingerprint density at radius 1 is 0.333 bits per heavy atom. The zero-order valence-corrected chi connectivity index (χ0v) is 26.8. The third-order valence-electron chi connectivity index (χ3n) is 6.54. The largest absolute Gasteiger partial charge is 1.00 e. The highest BCUT2D eigenvalue weighted by atomic mass is 79.9. The van der Waals surface area contributed by atoms with E-state index in [0.29, 0.717) is 0 Å². The van der Waals surface area contributed by atoms with Crippen molar-refractivity contribution in [3.63, 3.8) is 0 Å². The quantitative estimate of drug-likeness (QED) is 0.141. The van der Waals surface area contributed by atoms with Gasteiger partial charge in [0.1, 0.15) is 0 Å². The van der Waals surface area contributed by atoms with Crippen LogP contribution in [0.2, 0.25) is 0 Å². The molecule has 0 aromatic rings. The molecule has 0 saturated carbocycles. The summed E-state index contributed by atoms with van der Waals surface area (Å²) in [5.41, 5.74) is 0. The molecule has 0 heterocycles. The Labute approximate surface area is 215 Å². The first-order valence-corrected chi connectivity index (χ1v) is 19.1. The lowest BCUT2D eigenvalue weighted by Crippen LogP contribution is -3.00. The summed E-state index contributed by atoms with van der Waals surface area (Å²) in [7, 11) is -1.28. The van der Waals surface area contributed by atoms with E-state index in [1.807, 2.05) is 0 Å². The topological polar surface area (TPSA) is 0 Å². The Morgan fingerprint density at radius 3 is 0.833 bits per heavy atom. The minimum atomic E-state index is -0.638. The third kappa shape index (κ3) is 26.1. The lowest BCUT2D eigenvalue weighted by molar-refractivity contribution is -0.001000. The standard InChI is InChI=1S/C26H58P2.2BrH/c1-7-9-11-13-15-17-19-21-23-27(3,4)25-26-28(5,6)24-22-20-18-16-14-12-10-8-2;;/h7-26H2,1-6H3;2*1H/q+2;;/p-2. The molecular weight excluding hydrogens is 534 g/mol. The minimum absolute atomic E-state index is 0. The number of unbranched alkanes of at least 4 members (excludes halogenated alkanes) is 14. The van der Waals surface area contributed by atoms with E-state index < -0.39 is 14.5 Å². The van der Waals surface area contributed by atoms with Crippen molar-refractivity contribution < 1.29 is 34.0 Å². The number of rotatable bonds is 21. The van der Waals surface area contributed by atoms with Gasteiger partial charge in [0, 0.05) is 41.2 Å². The number of hydrogen-bond donors (Lipinski definition) is 0. The lowest BCUT2D eigenvalue weighted by Gasteiger charge is -2.23. The smallest absolute Gasteiger partial charge is 0.0923 e. The van der Waals surface area contributed by atoms with Crippen molar-refractivity contribution in [2.24, 2.45) is 0 Å². The molecule has 0 rings (SSSR count). The molecule has 0 aromatic heterocycles. The van der Waals surface area contributed by atoms with Crippen LogP contribution in [0.3, 0.4) is 0 Å². The van der Waals surface area contributed by atoms with Gasteiger partial charge in [0.05, 0.1) is 24.6 Å². The van der Waals surface area contributed by atoms with E-state index in [9.17, 15) is 0 Å². The van der Waals surface area contributed by atoms with Crippen molar-refractivity contribution >= 4 is 14.5 Å². The maximum Gasteiger partial charge on any atom is 0.0923 e. The predicted molar refractivity (Wildman–Crippen MR) is 142 cm³/mol. The van der Waals surface area contributed by atoms with Gasteiger partial charge in [-0.1, -0.05) is 90.9 Å². The van der Waals surface area contributed by atoms with Gasteiger partial charge in [-0.15, -0.1) is 0 Å². The Hall–Kier alpha value is 1.82. The summed E-state index contributed by atoms with van der Waals surface area (Å²) in [4.78, 5) is 0. The molecule has 0 aliphatic carbocycles. The van der Waals surface area contributed by atoms with Crippen LogP contribution in [0.4, 0.5) is 0 Å². The highest BCUT2D eigenvalue weighted by Gasteiger charge is 2.32. The fourth-order valence-corrected chi connectivity index (χ4v) is 11.1. The van der Waals surface area contributed by atoms with Gasteiger partial charge in [-0.05, 0) is 25.7 Å². The average molecular weight is 593 g/mol. The van der Waals surface area contributed by atoms with Gasteiger partial charge < -0.3 is 34.0 Å². The van der Waals surface area contributed by atoms with Crippen molar-refractivity contribution in [3.8, 4) is 0 Å². The molecule has 4 heteroatoms. The van der Waals surface area contributed by atoms with Gasteiger partial charge in [-0.2, -0.15) is 0 Å². The fraction of sp³-hybridized carbons (Fsp3) is 1.00. The third-order valence-corrected chi connectivity index (χ3v) is 12.8. The average Bonchev–Trinajstić information content (AvgIpc) is 2.65. The summed E-state index contributed by atoms with van der Waals surface area (Å²) in [5, 5.41) is 0. The van der Waals surface area contributed by atoms with E-state index in [-0.39, 0.29) is 34.0 Å². The fourth-order valence-electron chi connectivity index (χ4n) is 4.11. The molecule has 0 unspecified atom stereocenters. The van der Waals surface area contributed by atoms with Crippen molar-refractivity contribution in [1.29, 1.82) is 0 Å². The van der Waals surface area contributed by atoms with Crippen LogP contribution in [-0.2, 0) is 0 Å². The highest BCUT2D eigenvalue weighted by Crippen LogP contribution is 2.59. The normalized spacial score (nSPS) is 11.8. The molecule has 0 aliphatic heterocycles. The number of hydrogen-bond acceptors (Lipinski definition) is 0. The molecular formula is C26H58Br2P2. The van der Waals surface area contributed by atoms with Crippen LogP contribution in [0.1, 0.15) is 117 Å². The molecule has 0 saturated heterocycles. The number of halogens is 2. The zero-order chi connectivity index (χ0) is 21.1. The van der Waals surface area contributed by atoms with E-state index in [1.165, 1.54) is 103 Å². The monoisotopic (exact) mass is 590 g/mol. The Kier molecular flexibility index (Phi) is 29.1. The summed E-state index contributed by atoms with van der Waals surface area (Å²) in [5.74, 6) is 0. The van der Waals surface area contributed by atoms with Crippen molar-refractivity contribution in [1.82, 2.24) is 0 Å². The van der Waals surface area contributed by atoms with Crippen LogP contribution in [-0.4, -0.2) is 51.3 Å². The lowest BCUT2D eigenvalue weighted by atomic mass is 10.1. The predicted octanol–water partition coefficient (Wildman–Crippen LogP) is 3.83. The van der Waals surface area contributed by atoms with Gasteiger partial charge in [-0.3, -0.25) is 0 Å². The second-order valence-corrected chi connectivity index (χ2v) is 20.2. The Morgan fingerprint density at radius 2 is 0.567 bits per heavy atom. The van der Waals surface area contributed by atoms with Crippen LogP contribution in [0.25, 0.3) is 0 Å². The molecule has 0 amide bonds. The molecule has 0 spiro atoms. The van der Waals surface area contributed by atoms with Crippen LogP contribution in [0.5, 0.6) is 0 Å². The molecule has 0 atom stereocenters. The maximum atomic E-state index is 2.64. The van der Waals surface area contributed by atoms with Crippen molar-refractivity contribution in [2.45, 2.75) is 117 Å². The molecule has 186 valence electrons. The minimum Gasteiger partial charge on any atom is -1.00 e. The van der Waals surface area contributed by atoms with Crippen molar-refractivity contribution in [3.05, 3.63) is 0 Å². The Balaban J connectivity index is -0.00000364. The Bertz CT molecular complexity index is 301. The van der Waals surface area contributed by atoms with Crippen LogP contribution >= 0.6 is 14.5 Å². The summed E-state index contributed by atoms with van der Waals surface area (Å²) in [6.07, 6.45) is 29.7. The van der Waals surface area contributed by atoms with E-state index in [0.717, 1.165) is 0 Å². The van der Waals surface area contributed by atoms with E-state index in [2.05, 4.69) is 40.5 Å². The summed E-state index contributed by atoms with van der Waals surface area (Å²) in [6, 6.07) is 0. The molecule has 0 nitrogen and oxygen atoms in total. The van der Waals surface area contributed by atoms with Gasteiger partial charge in [0.15, 0.2) is 0 Å². The van der Waals surface area contributed by atoms with Gasteiger partial charge >= 0.3 is 0 Å². The summed E-state index contributed by atoms with van der Waals surface area (Å²) in [6.45, 7) is 15.2. The second kappa shape index (κ2) is 24.0. The zero-order valence-electron chi connectivity index (χ0n) is 21.8. The molecule has 0 N–H and O–H groups in total. The molecule has 0 radical (unpaired) electrons. The molecule has 30 heavy (non-hydrogen) atoms. The molecule has 0 fully saturated rings. The second-order valence-electron chi connectivity index (χ2n) is 10.7. The van der Waals surface area contributed by atoms with Crippen LogP contribution in [0, 0.1) is 0 Å². The first-order chi connectivity index (χ1) is 13.3. The van der Waals surface area contributed by atoms with Gasteiger partial charge in [0.25, 0.3) is 0 Å². The van der Waals surface area contributed by atoms with E-state index >= 15 is 0 Å². The highest BCUT2D eigenvalue weighted by molar-refractivity contribution is 7.78. The van der Waals surface area contributed by atoms with Gasteiger partial charge in [0.2, 0.25) is 0 Å².